The lowest BCUT2D eigenvalue weighted by molar-refractivity contribution is 0.624. The van der Waals surface area contributed by atoms with Crippen LogP contribution in [0.15, 0.2) is 12.3 Å². The van der Waals surface area contributed by atoms with Gasteiger partial charge in [-0.25, -0.2) is 9.67 Å². The lowest BCUT2D eigenvalue weighted by Gasteiger charge is -2.10. The van der Waals surface area contributed by atoms with Gasteiger partial charge in [0.15, 0.2) is 5.65 Å². The van der Waals surface area contributed by atoms with Crippen LogP contribution in [-0.2, 0) is 20.1 Å². The van der Waals surface area contributed by atoms with Gasteiger partial charge in [0.1, 0.15) is 11.3 Å². The van der Waals surface area contributed by atoms with E-state index in [0.717, 1.165) is 34.9 Å². The molecule has 0 aromatic carbocycles. The van der Waals surface area contributed by atoms with Gasteiger partial charge in [0.25, 0.3) is 0 Å². The monoisotopic (exact) mass is 306 g/mol. The van der Waals surface area contributed by atoms with Crippen molar-refractivity contribution in [3.8, 4) is 0 Å². The molecule has 0 saturated heterocycles. The highest BCUT2D eigenvalue weighted by molar-refractivity contribution is 6.20. The third kappa shape index (κ3) is 2.33. The molecule has 0 bridgehead atoms. The van der Waals surface area contributed by atoms with Crippen LogP contribution < -0.4 is 0 Å². The molecular formula is C14H19ClN6. The number of aromatic nitrogens is 6. The Morgan fingerprint density at radius 3 is 2.67 bits per heavy atom. The second kappa shape index (κ2) is 5.18. The number of imidazole rings is 1. The van der Waals surface area contributed by atoms with Gasteiger partial charge in [-0.1, -0.05) is 0 Å². The standard InChI is InChI=1S/C14H19ClN6/c1-5-21-14-12(10(3)17-21)16-13(9(2)15)20(14)8-11-6-7-19(4)18-11/h6-7,9H,5,8H2,1-4H3. The Balaban J connectivity index is 2.19. The summed E-state index contributed by atoms with van der Waals surface area (Å²) in [5, 5.41) is 8.83. The summed E-state index contributed by atoms with van der Waals surface area (Å²) < 4.78 is 5.90. The molecule has 0 aliphatic rings. The molecule has 0 amide bonds. The van der Waals surface area contributed by atoms with Gasteiger partial charge in [0, 0.05) is 19.8 Å². The van der Waals surface area contributed by atoms with Gasteiger partial charge in [-0.3, -0.25) is 4.68 Å². The molecule has 7 heteroatoms. The normalized spacial score (nSPS) is 13.2. The van der Waals surface area contributed by atoms with E-state index < -0.39 is 0 Å². The summed E-state index contributed by atoms with van der Waals surface area (Å²) in [6.07, 6.45) is 1.94. The third-order valence-electron chi connectivity index (χ3n) is 3.57. The van der Waals surface area contributed by atoms with Crippen LogP contribution in [-0.4, -0.2) is 29.1 Å². The van der Waals surface area contributed by atoms with E-state index in [4.69, 9.17) is 16.6 Å². The highest BCUT2D eigenvalue weighted by Gasteiger charge is 2.21. The Labute approximate surface area is 128 Å². The summed E-state index contributed by atoms with van der Waals surface area (Å²) in [6, 6.07) is 2.01. The predicted octanol–water partition coefficient (Wildman–Crippen LogP) is 2.64. The average molecular weight is 307 g/mol. The average Bonchev–Trinajstić information content (AvgIpc) is 3.08. The van der Waals surface area contributed by atoms with Crippen LogP contribution in [0, 0.1) is 6.92 Å². The van der Waals surface area contributed by atoms with Gasteiger partial charge < -0.3 is 4.57 Å². The second-order valence-corrected chi connectivity index (χ2v) is 5.88. The zero-order valence-corrected chi connectivity index (χ0v) is 13.5. The van der Waals surface area contributed by atoms with E-state index in [0.29, 0.717) is 6.54 Å². The molecule has 3 rings (SSSR count). The molecule has 0 fully saturated rings. The van der Waals surface area contributed by atoms with E-state index in [1.807, 2.05) is 37.8 Å². The van der Waals surface area contributed by atoms with E-state index >= 15 is 0 Å². The first-order chi connectivity index (χ1) is 10.0. The van der Waals surface area contributed by atoms with Gasteiger partial charge in [-0.2, -0.15) is 10.2 Å². The minimum Gasteiger partial charge on any atom is -0.305 e. The molecule has 112 valence electrons. The Morgan fingerprint density at radius 2 is 2.10 bits per heavy atom. The Morgan fingerprint density at radius 1 is 1.33 bits per heavy atom. The maximum Gasteiger partial charge on any atom is 0.159 e. The molecule has 3 aromatic heterocycles. The molecule has 3 heterocycles. The molecule has 0 N–H and O–H groups in total. The Kier molecular flexibility index (Phi) is 3.49. The van der Waals surface area contributed by atoms with Crippen LogP contribution >= 0.6 is 11.6 Å². The number of nitrogens with zero attached hydrogens (tertiary/aromatic N) is 6. The number of aryl methyl sites for hydroxylation is 3. The molecule has 0 spiro atoms. The van der Waals surface area contributed by atoms with Crippen molar-refractivity contribution in [1.82, 2.24) is 29.1 Å². The topological polar surface area (TPSA) is 53.5 Å². The largest absolute Gasteiger partial charge is 0.305 e. The van der Waals surface area contributed by atoms with Gasteiger partial charge in [0.05, 0.1) is 23.3 Å². The highest BCUT2D eigenvalue weighted by atomic mass is 35.5. The first-order valence-electron chi connectivity index (χ1n) is 7.07. The molecule has 1 atom stereocenters. The smallest absolute Gasteiger partial charge is 0.159 e. The summed E-state index contributed by atoms with van der Waals surface area (Å²) >= 11 is 6.32. The SMILES string of the molecule is CCn1nc(C)c2nc(C(C)Cl)n(Cc3ccn(C)n3)c21. The number of hydrogen-bond acceptors (Lipinski definition) is 3. The maximum atomic E-state index is 6.32. The lowest BCUT2D eigenvalue weighted by atomic mass is 10.4. The molecule has 0 saturated carbocycles. The van der Waals surface area contributed by atoms with E-state index in [2.05, 4.69) is 21.7 Å². The molecule has 3 aromatic rings. The number of halogens is 1. The van der Waals surface area contributed by atoms with E-state index in [9.17, 15) is 0 Å². The molecule has 21 heavy (non-hydrogen) atoms. The zero-order chi connectivity index (χ0) is 15.1. The van der Waals surface area contributed by atoms with E-state index in [-0.39, 0.29) is 5.38 Å². The minimum atomic E-state index is -0.161. The van der Waals surface area contributed by atoms with Crippen molar-refractivity contribution in [2.45, 2.75) is 39.2 Å². The number of hydrogen-bond donors (Lipinski definition) is 0. The van der Waals surface area contributed by atoms with E-state index in [1.54, 1.807) is 4.68 Å². The van der Waals surface area contributed by atoms with Crippen LogP contribution in [0.3, 0.4) is 0 Å². The van der Waals surface area contributed by atoms with Crippen LogP contribution in [0.4, 0.5) is 0 Å². The van der Waals surface area contributed by atoms with Crippen LogP contribution in [0.2, 0.25) is 0 Å². The number of rotatable bonds is 4. The number of fused-ring (bicyclic) bond motifs is 1. The van der Waals surface area contributed by atoms with Gasteiger partial charge in [-0.15, -0.1) is 11.6 Å². The van der Waals surface area contributed by atoms with Crippen molar-refractivity contribution >= 4 is 22.8 Å². The van der Waals surface area contributed by atoms with Crippen LogP contribution in [0.1, 0.15) is 36.4 Å². The van der Waals surface area contributed by atoms with Crippen molar-refractivity contribution in [3.05, 3.63) is 29.5 Å². The van der Waals surface area contributed by atoms with Crippen molar-refractivity contribution in [3.63, 3.8) is 0 Å². The van der Waals surface area contributed by atoms with Gasteiger partial charge in [-0.05, 0) is 26.8 Å². The van der Waals surface area contributed by atoms with Crippen LogP contribution in [0.25, 0.3) is 11.2 Å². The first-order valence-corrected chi connectivity index (χ1v) is 7.51. The molecule has 0 aliphatic heterocycles. The van der Waals surface area contributed by atoms with Crippen molar-refractivity contribution < 1.29 is 0 Å². The maximum absolute atomic E-state index is 6.32. The fourth-order valence-electron chi connectivity index (χ4n) is 2.63. The van der Waals surface area contributed by atoms with Crippen LogP contribution in [0.5, 0.6) is 0 Å². The highest BCUT2D eigenvalue weighted by Crippen LogP contribution is 2.27. The quantitative estimate of drug-likeness (QED) is 0.696. The fraction of sp³-hybridized carbons (Fsp3) is 0.500. The number of alkyl halides is 1. The van der Waals surface area contributed by atoms with E-state index in [1.165, 1.54) is 0 Å². The Hall–Kier alpha value is -1.82. The summed E-state index contributed by atoms with van der Waals surface area (Å²) in [5.74, 6) is 0.861. The zero-order valence-electron chi connectivity index (χ0n) is 12.7. The molecular weight excluding hydrogens is 288 g/mol. The van der Waals surface area contributed by atoms with Crippen molar-refractivity contribution in [2.24, 2.45) is 7.05 Å². The second-order valence-electron chi connectivity index (χ2n) is 5.23. The van der Waals surface area contributed by atoms with Crippen molar-refractivity contribution in [2.75, 3.05) is 0 Å². The fourth-order valence-corrected chi connectivity index (χ4v) is 2.80. The summed E-state index contributed by atoms with van der Waals surface area (Å²) in [6.45, 7) is 7.45. The summed E-state index contributed by atoms with van der Waals surface area (Å²) in [5.41, 5.74) is 3.86. The summed E-state index contributed by atoms with van der Waals surface area (Å²) in [4.78, 5) is 4.70. The third-order valence-corrected chi connectivity index (χ3v) is 3.77. The predicted molar refractivity (Wildman–Crippen MR) is 82.5 cm³/mol. The molecule has 0 aliphatic carbocycles. The lowest BCUT2D eigenvalue weighted by Crippen LogP contribution is -2.10. The summed E-state index contributed by atoms with van der Waals surface area (Å²) in [7, 11) is 1.92. The van der Waals surface area contributed by atoms with Crippen molar-refractivity contribution in [1.29, 1.82) is 0 Å². The van der Waals surface area contributed by atoms with Gasteiger partial charge >= 0.3 is 0 Å². The Bertz CT molecular complexity index is 779. The minimum absolute atomic E-state index is 0.161. The molecule has 0 radical (unpaired) electrons. The molecule has 6 nitrogen and oxygen atoms in total. The van der Waals surface area contributed by atoms with Gasteiger partial charge in [0.2, 0.25) is 0 Å². The first kappa shape index (κ1) is 14.1. The molecule has 1 unspecified atom stereocenters.